The van der Waals surface area contributed by atoms with Gasteiger partial charge in [-0.05, 0) is 37.8 Å². The van der Waals surface area contributed by atoms with Crippen molar-refractivity contribution in [3.8, 4) is 0 Å². The third kappa shape index (κ3) is 2.68. The summed E-state index contributed by atoms with van der Waals surface area (Å²) in [7, 11) is 0. The summed E-state index contributed by atoms with van der Waals surface area (Å²) in [4.78, 5) is 12.4. The highest BCUT2D eigenvalue weighted by molar-refractivity contribution is 6.02. The van der Waals surface area contributed by atoms with Crippen LogP contribution < -0.4 is 10.6 Å². The van der Waals surface area contributed by atoms with Crippen LogP contribution in [-0.2, 0) is 4.79 Å². The van der Waals surface area contributed by atoms with Gasteiger partial charge in [0.15, 0.2) is 0 Å². The van der Waals surface area contributed by atoms with Gasteiger partial charge in [0.2, 0.25) is 5.91 Å². The van der Waals surface area contributed by atoms with Crippen molar-refractivity contribution in [1.82, 2.24) is 5.32 Å². The second-order valence-electron chi connectivity index (χ2n) is 5.59. The van der Waals surface area contributed by atoms with Gasteiger partial charge in [0, 0.05) is 23.0 Å². The summed E-state index contributed by atoms with van der Waals surface area (Å²) >= 11 is 0. The maximum Gasteiger partial charge on any atom is 0.227 e. The monoisotopic (exact) mass is 268 g/mol. The minimum atomic E-state index is 0.116. The number of carbonyl (C=O) groups is 1. The number of rotatable bonds is 2. The van der Waals surface area contributed by atoms with Crippen LogP contribution in [0.1, 0.15) is 19.8 Å². The largest absolute Gasteiger partial charge is 0.325 e. The molecule has 3 heteroatoms. The highest BCUT2D eigenvalue weighted by Crippen LogP contribution is 2.25. The van der Waals surface area contributed by atoms with E-state index in [1.54, 1.807) is 0 Å². The highest BCUT2D eigenvalue weighted by atomic mass is 16.1. The SMILES string of the molecule is C[C@H]1C[C@@H](C(=O)Nc2cccc3ccccc23)CCN1. The predicted molar refractivity (Wildman–Crippen MR) is 82.8 cm³/mol. The lowest BCUT2D eigenvalue weighted by atomic mass is 9.92. The molecule has 0 saturated carbocycles. The molecular weight excluding hydrogens is 248 g/mol. The van der Waals surface area contributed by atoms with Crippen LogP contribution in [0.3, 0.4) is 0 Å². The minimum Gasteiger partial charge on any atom is -0.325 e. The van der Waals surface area contributed by atoms with Crippen LogP contribution in [0.15, 0.2) is 42.5 Å². The molecule has 2 aromatic carbocycles. The molecule has 0 radical (unpaired) electrons. The number of hydrogen-bond donors (Lipinski definition) is 2. The molecule has 1 fully saturated rings. The summed E-state index contributed by atoms with van der Waals surface area (Å²) < 4.78 is 0. The molecule has 0 spiro atoms. The topological polar surface area (TPSA) is 41.1 Å². The average molecular weight is 268 g/mol. The van der Waals surface area contributed by atoms with Crippen LogP contribution in [0, 0.1) is 5.92 Å². The van der Waals surface area contributed by atoms with E-state index in [0.29, 0.717) is 6.04 Å². The summed E-state index contributed by atoms with van der Waals surface area (Å²) in [6.45, 7) is 3.06. The van der Waals surface area contributed by atoms with E-state index in [0.717, 1.165) is 35.8 Å². The van der Waals surface area contributed by atoms with Crippen molar-refractivity contribution in [2.45, 2.75) is 25.8 Å². The zero-order valence-electron chi connectivity index (χ0n) is 11.7. The lowest BCUT2D eigenvalue weighted by molar-refractivity contribution is -0.120. The molecule has 104 valence electrons. The number of carbonyl (C=O) groups excluding carboxylic acids is 1. The first-order chi connectivity index (χ1) is 9.74. The van der Waals surface area contributed by atoms with Gasteiger partial charge >= 0.3 is 0 Å². The molecule has 1 amide bonds. The molecule has 1 saturated heterocycles. The number of fused-ring (bicyclic) bond motifs is 1. The number of piperidine rings is 1. The van der Waals surface area contributed by atoms with E-state index in [4.69, 9.17) is 0 Å². The molecule has 1 aliphatic heterocycles. The van der Waals surface area contributed by atoms with Crippen LogP contribution in [0.4, 0.5) is 5.69 Å². The Balaban J connectivity index is 1.80. The predicted octanol–water partition coefficient (Wildman–Crippen LogP) is 3.17. The third-order valence-electron chi connectivity index (χ3n) is 4.04. The number of amides is 1. The Morgan fingerprint density at radius 3 is 2.85 bits per heavy atom. The second kappa shape index (κ2) is 5.63. The summed E-state index contributed by atoms with van der Waals surface area (Å²) in [5, 5.41) is 8.75. The fourth-order valence-corrected chi connectivity index (χ4v) is 2.94. The molecule has 2 aromatic rings. The van der Waals surface area contributed by atoms with E-state index in [9.17, 15) is 4.79 Å². The van der Waals surface area contributed by atoms with Crippen LogP contribution in [0.5, 0.6) is 0 Å². The Hall–Kier alpha value is -1.87. The van der Waals surface area contributed by atoms with E-state index in [1.807, 2.05) is 24.3 Å². The number of hydrogen-bond acceptors (Lipinski definition) is 2. The Morgan fingerprint density at radius 1 is 1.20 bits per heavy atom. The molecule has 2 atom stereocenters. The highest BCUT2D eigenvalue weighted by Gasteiger charge is 2.24. The third-order valence-corrected chi connectivity index (χ3v) is 4.04. The van der Waals surface area contributed by atoms with Crippen LogP contribution in [0.2, 0.25) is 0 Å². The van der Waals surface area contributed by atoms with E-state index in [1.165, 1.54) is 0 Å². The summed E-state index contributed by atoms with van der Waals surface area (Å²) in [5.74, 6) is 0.264. The van der Waals surface area contributed by atoms with Crippen LogP contribution >= 0.6 is 0 Å². The molecule has 3 nitrogen and oxygen atoms in total. The van der Waals surface area contributed by atoms with E-state index in [-0.39, 0.29) is 11.8 Å². The molecule has 0 unspecified atom stereocenters. The second-order valence-corrected chi connectivity index (χ2v) is 5.59. The first-order valence-electron chi connectivity index (χ1n) is 7.26. The molecule has 20 heavy (non-hydrogen) atoms. The zero-order valence-corrected chi connectivity index (χ0v) is 11.7. The first-order valence-corrected chi connectivity index (χ1v) is 7.26. The van der Waals surface area contributed by atoms with Crippen molar-refractivity contribution in [1.29, 1.82) is 0 Å². The van der Waals surface area contributed by atoms with Gasteiger partial charge in [-0.25, -0.2) is 0 Å². The van der Waals surface area contributed by atoms with Crippen molar-refractivity contribution < 1.29 is 4.79 Å². The lowest BCUT2D eigenvalue weighted by Crippen LogP contribution is -2.40. The molecule has 3 rings (SSSR count). The standard InChI is InChI=1S/C17H20N2O/c1-12-11-14(9-10-18-12)17(20)19-16-8-4-6-13-5-2-3-7-15(13)16/h2-8,12,14,18H,9-11H2,1H3,(H,19,20)/t12-,14-/m0/s1. The molecule has 1 aliphatic rings. The Kier molecular flexibility index (Phi) is 3.70. The molecule has 1 heterocycles. The smallest absolute Gasteiger partial charge is 0.227 e. The normalized spacial score (nSPS) is 22.6. The molecule has 0 bridgehead atoms. The van der Waals surface area contributed by atoms with Gasteiger partial charge in [-0.2, -0.15) is 0 Å². The van der Waals surface area contributed by atoms with Crippen molar-refractivity contribution >= 4 is 22.4 Å². The van der Waals surface area contributed by atoms with Crippen molar-refractivity contribution in [2.75, 3.05) is 11.9 Å². The van der Waals surface area contributed by atoms with Gasteiger partial charge in [-0.3, -0.25) is 4.79 Å². The van der Waals surface area contributed by atoms with Gasteiger partial charge in [0.25, 0.3) is 0 Å². The fourth-order valence-electron chi connectivity index (χ4n) is 2.94. The molecule has 2 N–H and O–H groups in total. The van der Waals surface area contributed by atoms with E-state index < -0.39 is 0 Å². The summed E-state index contributed by atoms with van der Waals surface area (Å²) in [6, 6.07) is 14.6. The van der Waals surface area contributed by atoms with Gasteiger partial charge < -0.3 is 10.6 Å². The van der Waals surface area contributed by atoms with Crippen LogP contribution in [-0.4, -0.2) is 18.5 Å². The van der Waals surface area contributed by atoms with Gasteiger partial charge in [-0.1, -0.05) is 36.4 Å². The first kappa shape index (κ1) is 13.1. The quantitative estimate of drug-likeness (QED) is 0.878. The number of nitrogens with one attached hydrogen (secondary N) is 2. The van der Waals surface area contributed by atoms with Crippen molar-refractivity contribution in [3.63, 3.8) is 0 Å². The van der Waals surface area contributed by atoms with E-state index in [2.05, 4.69) is 35.8 Å². The fraction of sp³-hybridized carbons (Fsp3) is 0.353. The molecular formula is C17H20N2O. The Labute approximate surface area is 119 Å². The lowest BCUT2D eigenvalue weighted by Gasteiger charge is -2.27. The van der Waals surface area contributed by atoms with Crippen molar-refractivity contribution in [2.24, 2.45) is 5.92 Å². The van der Waals surface area contributed by atoms with Crippen LogP contribution in [0.25, 0.3) is 10.8 Å². The molecule has 0 aliphatic carbocycles. The summed E-state index contributed by atoms with van der Waals surface area (Å²) in [6.07, 6.45) is 1.83. The maximum absolute atomic E-state index is 12.4. The number of benzene rings is 2. The van der Waals surface area contributed by atoms with Gasteiger partial charge in [0.1, 0.15) is 0 Å². The summed E-state index contributed by atoms with van der Waals surface area (Å²) in [5.41, 5.74) is 0.916. The Morgan fingerprint density at radius 2 is 2.00 bits per heavy atom. The zero-order chi connectivity index (χ0) is 13.9. The van der Waals surface area contributed by atoms with Gasteiger partial charge in [0.05, 0.1) is 0 Å². The number of anilines is 1. The molecule has 0 aromatic heterocycles. The maximum atomic E-state index is 12.4. The van der Waals surface area contributed by atoms with Gasteiger partial charge in [-0.15, -0.1) is 0 Å². The Bertz CT molecular complexity index is 618. The minimum absolute atomic E-state index is 0.116. The van der Waals surface area contributed by atoms with E-state index >= 15 is 0 Å². The average Bonchev–Trinajstić information content (AvgIpc) is 2.47. The van der Waals surface area contributed by atoms with Crippen molar-refractivity contribution in [3.05, 3.63) is 42.5 Å².